The van der Waals surface area contributed by atoms with Crippen LogP contribution < -0.4 is 0 Å². The number of amides is 2. The zero-order valence-electron chi connectivity index (χ0n) is 11.2. The monoisotopic (exact) mass is 278 g/mol. The van der Waals surface area contributed by atoms with E-state index < -0.39 is 11.9 Å². The van der Waals surface area contributed by atoms with Crippen molar-refractivity contribution in [3.8, 4) is 0 Å². The van der Waals surface area contributed by atoms with Gasteiger partial charge < -0.3 is 19.3 Å². The van der Waals surface area contributed by atoms with Crippen LogP contribution in [0.3, 0.4) is 0 Å². The van der Waals surface area contributed by atoms with Gasteiger partial charge in [0.15, 0.2) is 0 Å². The van der Waals surface area contributed by atoms with E-state index in [-0.39, 0.29) is 12.1 Å². The zero-order valence-corrected chi connectivity index (χ0v) is 11.2. The van der Waals surface area contributed by atoms with Gasteiger partial charge >= 0.3 is 12.0 Å². The van der Waals surface area contributed by atoms with Crippen LogP contribution in [-0.2, 0) is 11.3 Å². The summed E-state index contributed by atoms with van der Waals surface area (Å²) in [5, 5.41) is 9.01. The van der Waals surface area contributed by atoms with Gasteiger partial charge in [-0.2, -0.15) is 0 Å². The quantitative estimate of drug-likeness (QED) is 0.911. The average molecular weight is 278 g/mol. The minimum absolute atomic E-state index is 0.0624. The number of hydrogen-bond donors (Lipinski definition) is 1. The molecule has 1 aromatic rings. The molecule has 0 bridgehead atoms. The molecule has 6 nitrogen and oxygen atoms in total. The zero-order chi connectivity index (χ0) is 14.1. The van der Waals surface area contributed by atoms with E-state index in [0.29, 0.717) is 26.1 Å². The molecule has 2 heterocycles. The van der Waals surface area contributed by atoms with Gasteiger partial charge in [0.1, 0.15) is 5.76 Å². The highest BCUT2D eigenvalue weighted by atomic mass is 16.4. The molecular formula is C14H18N2O4. The lowest BCUT2D eigenvalue weighted by Crippen LogP contribution is -2.43. The number of carboxylic acid groups (broad SMARTS) is 1. The molecule has 2 aliphatic rings. The van der Waals surface area contributed by atoms with Gasteiger partial charge in [-0.25, -0.2) is 4.79 Å². The second kappa shape index (κ2) is 5.19. The van der Waals surface area contributed by atoms with Crippen LogP contribution in [0.4, 0.5) is 4.79 Å². The van der Waals surface area contributed by atoms with Gasteiger partial charge in [0.05, 0.1) is 18.7 Å². The normalized spacial score (nSPS) is 22.0. The SMILES string of the molecule is O=C(O)C1CCN(C(=O)N(Cc2ccco2)C2CC2)C1. The maximum Gasteiger partial charge on any atom is 0.320 e. The summed E-state index contributed by atoms with van der Waals surface area (Å²) >= 11 is 0. The van der Waals surface area contributed by atoms with Crippen LogP contribution in [0, 0.1) is 5.92 Å². The van der Waals surface area contributed by atoms with Crippen LogP contribution in [0.25, 0.3) is 0 Å². The fourth-order valence-electron chi connectivity index (χ4n) is 2.63. The summed E-state index contributed by atoms with van der Waals surface area (Å²) in [7, 11) is 0. The van der Waals surface area contributed by atoms with Crippen LogP contribution in [0.1, 0.15) is 25.0 Å². The molecule has 20 heavy (non-hydrogen) atoms. The molecule has 1 saturated heterocycles. The number of carbonyl (C=O) groups is 2. The van der Waals surface area contributed by atoms with Gasteiger partial charge in [0.25, 0.3) is 0 Å². The van der Waals surface area contributed by atoms with Crippen molar-refractivity contribution in [3.63, 3.8) is 0 Å². The Labute approximate surface area is 117 Å². The molecule has 1 aromatic heterocycles. The van der Waals surface area contributed by atoms with Crippen LogP contribution >= 0.6 is 0 Å². The molecule has 1 atom stereocenters. The summed E-state index contributed by atoms with van der Waals surface area (Å²) in [5.74, 6) is -0.479. The highest BCUT2D eigenvalue weighted by Crippen LogP contribution is 2.30. The van der Waals surface area contributed by atoms with E-state index in [9.17, 15) is 9.59 Å². The fraction of sp³-hybridized carbons (Fsp3) is 0.571. The van der Waals surface area contributed by atoms with E-state index in [1.807, 2.05) is 11.0 Å². The van der Waals surface area contributed by atoms with Crippen molar-refractivity contribution in [2.45, 2.75) is 31.8 Å². The molecule has 3 rings (SSSR count). The summed E-state index contributed by atoms with van der Waals surface area (Å²) in [6, 6.07) is 3.87. The number of likely N-dealkylation sites (tertiary alicyclic amines) is 1. The van der Waals surface area contributed by atoms with Crippen LogP contribution in [0.5, 0.6) is 0 Å². The van der Waals surface area contributed by atoms with Crippen molar-refractivity contribution in [2.75, 3.05) is 13.1 Å². The smallest absolute Gasteiger partial charge is 0.320 e. The van der Waals surface area contributed by atoms with Gasteiger partial charge in [0, 0.05) is 19.1 Å². The number of carboxylic acids is 1. The molecule has 1 aliphatic heterocycles. The van der Waals surface area contributed by atoms with Crippen LogP contribution in [0.2, 0.25) is 0 Å². The molecule has 1 saturated carbocycles. The number of aliphatic carboxylic acids is 1. The van der Waals surface area contributed by atoms with E-state index in [4.69, 9.17) is 9.52 Å². The summed E-state index contributed by atoms with van der Waals surface area (Å²) in [5.41, 5.74) is 0. The minimum Gasteiger partial charge on any atom is -0.481 e. The minimum atomic E-state index is -0.815. The molecule has 0 spiro atoms. The largest absolute Gasteiger partial charge is 0.481 e. The predicted molar refractivity (Wildman–Crippen MR) is 70.0 cm³/mol. The Morgan fingerprint density at radius 3 is 2.75 bits per heavy atom. The molecule has 0 aromatic carbocycles. The third kappa shape index (κ3) is 2.64. The first kappa shape index (κ1) is 13.0. The molecule has 1 N–H and O–H groups in total. The van der Waals surface area contributed by atoms with E-state index >= 15 is 0 Å². The lowest BCUT2D eigenvalue weighted by atomic mass is 10.1. The molecule has 108 valence electrons. The fourth-order valence-corrected chi connectivity index (χ4v) is 2.63. The topological polar surface area (TPSA) is 74.0 Å². The molecule has 1 aliphatic carbocycles. The summed E-state index contributed by atoms with van der Waals surface area (Å²) < 4.78 is 5.31. The van der Waals surface area contributed by atoms with Gasteiger partial charge in [0.2, 0.25) is 0 Å². The van der Waals surface area contributed by atoms with Crippen molar-refractivity contribution < 1.29 is 19.1 Å². The number of furan rings is 1. The van der Waals surface area contributed by atoms with Crippen molar-refractivity contribution >= 4 is 12.0 Å². The standard InChI is InChI=1S/C14H18N2O4/c17-13(18)10-5-6-15(8-10)14(19)16(11-3-4-11)9-12-2-1-7-20-12/h1-2,7,10-11H,3-6,8-9H2,(H,17,18). The van der Waals surface area contributed by atoms with E-state index in [1.54, 1.807) is 17.2 Å². The Balaban J connectivity index is 1.65. The Morgan fingerprint density at radius 2 is 2.20 bits per heavy atom. The Bertz CT molecular complexity index is 495. The average Bonchev–Trinajstić information content (AvgIpc) is 2.95. The van der Waals surface area contributed by atoms with Crippen molar-refractivity contribution in [1.82, 2.24) is 9.80 Å². The predicted octanol–water partition coefficient (Wildman–Crippen LogP) is 1.77. The lowest BCUT2D eigenvalue weighted by Gasteiger charge is -2.27. The van der Waals surface area contributed by atoms with Crippen LogP contribution in [-0.4, -0.2) is 46.0 Å². The Hall–Kier alpha value is -1.98. The van der Waals surface area contributed by atoms with Crippen molar-refractivity contribution in [1.29, 1.82) is 0 Å². The third-order valence-corrected chi connectivity index (χ3v) is 3.95. The molecule has 2 amide bonds. The van der Waals surface area contributed by atoms with Crippen molar-refractivity contribution in [2.24, 2.45) is 5.92 Å². The summed E-state index contributed by atoms with van der Waals surface area (Å²) in [4.78, 5) is 27.0. The molecule has 0 radical (unpaired) electrons. The van der Waals surface area contributed by atoms with E-state index in [0.717, 1.165) is 18.6 Å². The van der Waals surface area contributed by atoms with Crippen LogP contribution in [0.15, 0.2) is 22.8 Å². The van der Waals surface area contributed by atoms with Gasteiger partial charge in [-0.05, 0) is 31.4 Å². The number of urea groups is 1. The highest BCUT2D eigenvalue weighted by Gasteiger charge is 2.38. The number of nitrogens with zero attached hydrogens (tertiary/aromatic N) is 2. The number of rotatable bonds is 4. The molecule has 6 heteroatoms. The third-order valence-electron chi connectivity index (χ3n) is 3.95. The Kier molecular flexibility index (Phi) is 3.38. The van der Waals surface area contributed by atoms with E-state index in [1.165, 1.54) is 0 Å². The lowest BCUT2D eigenvalue weighted by molar-refractivity contribution is -0.141. The number of carbonyl (C=O) groups excluding carboxylic acids is 1. The maximum atomic E-state index is 12.5. The maximum absolute atomic E-state index is 12.5. The Morgan fingerprint density at radius 1 is 1.40 bits per heavy atom. The molecule has 2 fully saturated rings. The molecule has 1 unspecified atom stereocenters. The first-order valence-corrected chi connectivity index (χ1v) is 6.96. The summed E-state index contributed by atoms with van der Waals surface area (Å²) in [6.45, 7) is 1.30. The first-order valence-electron chi connectivity index (χ1n) is 6.96. The van der Waals surface area contributed by atoms with Gasteiger partial charge in [-0.3, -0.25) is 4.79 Å². The van der Waals surface area contributed by atoms with Gasteiger partial charge in [-0.1, -0.05) is 0 Å². The highest BCUT2D eigenvalue weighted by molar-refractivity contribution is 5.78. The molecular weight excluding hydrogens is 260 g/mol. The van der Waals surface area contributed by atoms with Gasteiger partial charge in [-0.15, -0.1) is 0 Å². The van der Waals surface area contributed by atoms with E-state index in [2.05, 4.69) is 0 Å². The second-order valence-corrected chi connectivity index (χ2v) is 5.49. The summed E-state index contributed by atoms with van der Waals surface area (Å²) in [6.07, 6.45) is 4.17. The van der Waals surface area contributed by atoms with Crippen molar-refractivity contribution in [3.05, 3.63) is 24.2 Å². The number of hydrogen-bond acceptors (Lipinski definition) is 3. The first-order chi connectivity index (χ1) is 9.65. The second-order valence-electron chi connectivity index (χ2n) is 5.49.